The van der Waals surface area contributed by atoms with E-state index in [1.165, 1.54) is 5.56 Å². The summed E-state index contributed by atoms with van der Waals surface area (Å²) in [7, 11) is 0. The van der Waals surface area contributed by atoms with Crippen molar-refractivity contribution < 1.29 is 4.79 Å². The van der Waals surface area contributed by atoms with Crippen LogP contribution in [0.4, 0.5) is 4.79 Å². The summed E-state index contributed by atoms with van der Waals surface area (Å²) in [4.78, 5) is 20.2. The van der Waals surface area contributed by atoms with Crippen molar-refractivity contribution in [3.63, 3.8) is 0 Å². The molecule has 2 amide bonds. The summed E-state index contributed by atoms with van der Waals surface area (Å²) in [5.74, 6) is 0.792. The Balaban J connectivity index is 1.46. The standard InChI is InChI=1S/C18H19N5O/c1-14-2-4-15(5-3-14)10-21-18(24)22-12-16-6-7-17(20-11-16)23-9-8-19-13-23/h2-9,11,13H,10,12H2,1H3,(H2,21,22,24). The highest BCUT2D eigenvalue weighted by Gasteiger charge is 2.02. The second-order valence-corrected chi connectivity index (χ2v) is 5.52. The zero-order chi connectivity index (χ0) is 16.8. The molecule has 2 aromatic heterocycles. The van der Waals surface area contributed by atoms with Crippen LogP contribution in [0, 0.1) is 6.92 Å². The molecule has 0 saturated carbocycles. The normalized spacial score (nSPS) is 10.4. The lowest BCUT2D eigenvalue weighted by molar-refractivity contribution is 0.240. The number of nitrogens with zero attached hydrogens (tertiary/aromatic N) is 3. The quantitative estimate of drug-likeness (QED) is 0.758. The molecule has 0 aliphatic heterocycles. The van der Waals surface area contributed by atoms with Gasteiger partial charge in [0.25, 0.3) is 0 Å². The van der Waals surface area contributed by atoms with Crippen LogP contribution in [0.3, 0.4) is 0 Å². The molecule has 24 heavy (non-hydrogen) atoms. The summed E-state index contributed by atoms with van der Waals surface area (Å²) in [6, 6.07) is 11.7. The summed E-state index contributed by atoms with van der Waals surface area (Å²) in [5.41, 5.74) is 3.21. The van der Waals surface area contributed by atoms with Gasteiger partial charge in [-0.25, -0.2) is 14.8 Å². The van der Waals surface area contributed by atoms with Crippen LogP contribution in [0.1, 0.15) is 16.7 Å². The van der Waals surface area contributed by atoms with Gasteiger partial charge in [0.1, 0.15) is 12.1 Å². The molecule has 0 bridgehead atoms. The number of rotatable bonds is 5. The number of benzene rings is 1. The Morgan fingerprint density at radius 2 is 1.75 bits per heavy atom. The predicted octanol–water partition coefficient (Wildman–Crippen LogP) is 2.58. The number of carbonyl (C=O) groups is 1. The van der Waals surface area contributed by atoms with Gasteiger partial charge in [0.05, 0.1) is 0 Å². The Bertz CT molecular complexity index is 779. The van der Waals surface area contributed by atoms with Crippen molar-refractivity contribution in [2.45, 2.75) is 20.0 Å². The molecule has 0 spiro atoms. The number of aryl methyl sites for hydroxylation is 1. The maximum atomic E-state index is 11.9. The second kappa shape index (κ2) is 7.41. The lowest BCUT2D eigenvalue weighted by atomic mass is 10.1. The largest absolute Gasteiger partial charge is 0.334 e. The first kappa shape index (κ1) is 15.7. The van der Waals surface area contributed by atoms with Crippen LogP contribution in [-0.2, 0) is 13.1 Å². The molecule has 6 nitrogen and oxygen atoms in total. The van der Waals surface area contributed by atoms with Crippen molar-refractivity contribution in [2.24, 2.45) is 0 Å². The van der Waals surface area contributed by atoms with Crippen molar-refractivity contribution in [2.75, 3.05) is 0 Å². The van der Waals surface area contributed by atoms with Crippen LogP contribution in [-0.4, -0.2) is 20.6 Å². The second-order valence-electron chi connectivity index (χ2n) is 5.52. The molecule has 2 N–H and O–H groups in total. The van der Waals surface area contributed by atoms with Gasteiger partial charge < -0.3 is 10.6 Å². The molecule has 0 aliphatic rings. The number of urea groups is 1. The monoisotopic (exact) mass is 321 g/mol. The Kier molecular flexibility index (Phi) is 4.86. The zero-order valence-electron chi connectivity index (χ0n) is 13.4. The van der Waals surface area contributed by atoms with E-state index < -0.39 is 0 Å². The minimum absolute atomic E-state index is 0.200. The summed E-state index contributed by atoms with van der Waals surface area (Å²) in [5, 5.41) is 5.67. The van der Waals surface area contributed by atoms with Gasteiger partial charge in [-0.15, -0.1) is 0 Å². The van der Waals surface area contributed by atoms with E-state index in [4.69, 9.17) is 0 Å². The number of carbonyl (C=O) groups excluding carboxylic acids is 1. The van der Waals surface area contributed by atoms with Crippen LogP contribution in [0.15, 0.2) is 61.3 Å². The van der Waals surface area contributed by atoms with Crippen LogP contribution in [0.2, 0.25) is 0 Å². The molecule has 1 aromatic carbocycles. The first-order valence-electron chi connectivity index (χ1n) is 7.71. The molecule has 2 heterocycles. The first-order chi connectivity index (χ1) is 11.7. The fourth-order valence-electron chi connectivity index (χ4n) is 2.20. The molecule has 0 unspecified atom stereocenters. The highest BCUT2D eigenvalue weighted by molar-refractivity contribution is 5.73. The van der Waals surface area contributed by atoms with Crippen molar-refractivity contribution in [1.29, 1.82) is 0 Å². The maximum absolute atomic E-state index is 11.9. The number of pyridine rings is 1. The Morgan fingerprint density at radius 3 is 2.38 bits per heavy atom. The minimum atomic E-state index is -0.200. The molecule has 3 rings (SSSR count). The molecule has 6 heteroatoms. The first-order valence-corrected chi connectivity index (χ1v) is 7.71. The number of amides is 2. The molecular weight excluding hydrogens is 302 g/mol. The lowest BCUT2D eigenvalue weighted by Crippen LogP contribution is -2.34. The van der Waals surface area contributed by atoms with E-state index in [9.17, 15) is 4.79 Å². The number of imidazole rings is 1. The van der Waals surface area contributed by atoms with E-state index >= 15 is 0 Å². The summed E-state index contributed by atoms with van der Waals surface area (Å²) >= 11 is 0. The average Bonchev–Trinajstić information content (AvgIpc) is 3.14. The van der Waals surface area contributed by atoms with Crippen molar-refractivity contribution >= 4 is 6.03 Å². The van der Waals surface area contributed by atoms with Crippen LogP contribution in [0.5, 0.6) is 0 Å². The molecule has 0 fully saturated rings. The molecule has 3 aromatic rings. The lowest BCUT2D eigenvalue weighted by Gasteiger charge is -2.08. The van der Waals surface area contributed by atoms with Gasteiger partial charge in [-0.05, 0) is 24.1 Å². The van der Waals surface area contributed by atoms with Crippen LogP contribution in [0.25, 0.3) is 5.82 Å². The smallest absolute Gasteiger partial charge is 0.315 e. The maximum Gasteiger partial charge on any atom is 0.315 e. The van der Waals surface area contributed by atoms with E-state index in [0.717, 1.165) is 16.9 Å². The topological polar surface area (TPSA) is 71.8 Å². The summed E-state index contributed by atoms with van der Waals surface area (Å²) in [6.07, 6.45) is 6.97. The van der Waals surface area contributed by atoms with Gasteiger partial charge in [-0.2, -0.15) is 0 Å². The fraction of sp³-hybridized carbons (Fsp3) is 0.167. The Labute approximate surface area is 140 Å². The molecule has 0 atom stereocenters. The highest BCUT2D eigenvalue weighted by atomic mass is 16.2. The van der Waals surface area contributed by atoms with Crippen molar-refractivity contribution in [3.8, 4) is 5.82 Å². The molecule has 0 radical (unpaired) electrons. The van der Waals surface area contributed by atoms with E-state index in [-0.39, 0.29) is 6.03 Å². The average molecular weight is 321 g/mol. The van der Waals surface area contributed by atoms with Gasteiger partial charge in [-0.3, -0.25) is 4.57 Å². The minimum Gasteiger partial charge on any atom is -0.334 e. The van der Waals surface area contributed by atoms with Gasteiger partial charge in [0.2, 0.25) is 0 Å². The van der Waals surface area contributed by atoms with Crippen molar-refractivity contribution in [1.82, 2.24) is 25.2 Å². The fourth-order valence-corrected chi connectivity index (χ4v) is 2.20. The van der Waals surface area contributed by atoms with Gasteiger partial charge in [0.15, 0.2) is 0 Å². The molecule has 0 aliphatic carbocycles. The van der Waals surface area contributed by atoms with Crippen LogP contribution >= 0.6 is 0 Å². The van der Waals surface area contributed by atoms with Gasteiger partial charge in [-0.1, -0.05) is 35.9 Å². The summed E-state index contributed by atoms with van der Waals surface area (Å²) in [6.45, 7) is 2.97. The van der Waals surface area contributed by atoms with E-state index in [1.54, 1.807) is 18.7 Å². The number of hydrogen-bond acceptors (Lipinski definition) is 3. The van der Waals surface area contributed by atoms with E-state index in [1.807, 2.05) is 54.1 Å². The molecule has 0 saturated heterocycles. The van der Waals surface area contributed by atoms with E-state index in [0.29, 0.717) is 13.1 Å². The van der Waals surface area contributed by atoms with E-state index in [2.05, 4.69) is 20.6 Å². The Hall–Kier alpha value is -3.15. The molecular formula is C18H19N5O. The number of hydrogen-bond donors (Lipinski definition) is 2. The molecule has 122 valence electrons. The predicted molar refractivity (Wildman–Crippen MR) is 91.6 cm³/mol. The van der Waals surface area contributed by atoms with Crippen molar-refractivity contribution in [3.05, 3.63) is 78.0 Å². The Morgan fingerprint density at radius 1 is 1.04 bits per heavy atom. The zero-order valence-corrected chi connectivity index (χ0v) is 13.4. The van der Waals surface area contributed by atoms with Crippen LogP contribution < -0.4 is 10.6 Å². The number of nitrogens with one attached hydrogen (secondary N) is 2. The summed E-state index contributed by atoms with van der Waals surface area (Å²) < 4.78 is 1.82. The van der Waals surface area contributed by atoms with Gasteiger partial charge in [0, 0.05) is 31.7 Å². The third-order valence-corrected chi connectivity index (χ3v) is 3.60. The number of aromatic nitrogens is 3. The van der Waals surface area contributed by atoms with Gasteiger partial charge >= 0.3 is 6.03 Å². The highest BCUT2D eigenvalue weighted by Crippen LogP contribution is 2.05. The SMILES string of the molecule is Cc1ccc(CNC(=O)NCc2ccc(-n3ccnc3)nc2)cc1. The third-order valence-electron chi connectivity index (χ3n) is 3.60. The third kappa shape index (κ3) is 4.19.